The zero-order valence-electron chi connectivity index (χ0n) is 15.3. The Morgan fingerprint density at radius 3 is 2.23 bits per heavy atom. The van der Waals surface area contributed by atoms with Gasteiger partial charge in [0.2, 0.25) is 15.9 Å². The monoisotopic (exact) mass is 374 g/mol. The van der Waals surface area contributed by atoms with Crippen LogP contribution in [0.15, 0.2) is 59.5 Å². The van der Waals surface area contributed by atoms with Crippen LogP contribution in [0, 0.1) is 0 Å². The van der Waals surface area contributed by atoms with Crippen LogP contribution >= 0.6 is 0 Å². The van der Waals surface area contributed by atoms with E-state index in [-0.39, 0.29) is 23.9 Å². The van der Waals surface area contributed by atoms with Crippen molar-refractivity contribution >= 4 is 21.6 Å². The highest BCUT2D eigenvalue weighted by atomic mass is 32.2. The summed E-state index contributed by atoms with van der Waals surface area (Å²) in [5.74, 6) is -0.354. The summed E-state index contributed by atoms with van der Waals surface area (Å²) in [6.07, 6.45) is 3.29. The third-order valence-electron chi connectivity index (χ3n) is 4.11. The topological polar surface area (TPSA) is 66.5 Å². The quantitative estimate of drug-likeness (QED) is 0.728. The number of benzene rings is 2. The average molecular weight is 375 g/mol. The van der Waals surface area contributed by atoms with Crippen molar-refractivity contribution in [2.75, 3.05) is 18.4 Å². The fourth-order valence-electron chi connectivity index (χ4n) is 2.60. The van der Waals surface area contributed by atoms with Crippen molar-refractivity contribution in [1.29, 1.82) is 0 Å². The standard InChI is InChI=1S/C20H26N2O3S/c1-3-5-9-17-12-14-18(15-13-17)21-20(23)16-22(4-2)26(24,25)19-10-7-6-8-11-19/h6-8,10-15H,3-5,9,16H2,1-2H3,(H,21,23). The minimum Gasteiger partial charge on any atom is -0.325 e. The lowest BCUT2D eigenvalue weighted by Gasteiger charge is -2.20. The Kier molecular flexibility index (Phi) is 7.36. The summed E-state index contributed by atoms with van der Waals surface area (Å²) in [7, 11) is -3.68. The van der Waals surface area contributed by atoms with Crippen molar-refractivity contribution in [3.8, 4) is 0 Å². The Balaban J connectivity index is 2.01. The van der Waals surface area contributed by atoms with E-state index in [4.69, 9.17) is 0 Å². The predicted molar refractivity (Wildman–Crippen MR) is 105 cm³/mol. The van der Waals surface area contributed by atoms with Gasteiger partial charge in [-0.1, -0.05) is 50.6 Å². The molecular formula is C20H26N2O3S. The SMILES string of the molecule is CCCCc1ccc(NC(=O)CN(CC)S(=O)(=O)c2ccccc2)cc1. The lowest BCUT2D eigenvalue weighted by Crippen LogP contribution is -2.37. The lowest BCUT2D eigenvalue weighted by atomic mass is 10.1. The maximum Gasteiger partial charge on any atom is 0.243 e. The molecule has 0 saturated carbocycles. The first-order chi connectivity index (χ1) is 12.5. The van der Waals surface area contributed by atoms with Crippen molar-refractivity contribution < 1.29 is 13.2 Å². The summed E-state index contributed by atoms with van der Waals surface area (Å²) in [6, 6.07) is 15.8. The first-order valence-electron chi connectivity index (χ1n) is 8.91. The number of unbranched alkanes of at least 4 members (excludes halogenated alkanes) is 1. The number of aryl methyl sites for hydroxylation is 1. The molecule has 2 aromatic carbocycles. The van der Waals surface area contributed by atoms with E-state index < -0.39 is 10.0 Å². The van der Waals surface area contributed by atoms with E-state index in [1.54, 1.807) is 25.1 Å². The second kappa shape index (κ2) is 9.50. The maximum absolute atomic E-state index is 12.6. The number of hydrogen-bond acceptors (Lipinski definition) is 3. The Labute approximate surface area is 156 Å². The number of sulfonamides is 1. The molecule has 2 rings (SSSR count). The highest BCUT2D eigenvalue weighted by Gasteiger charge is 2.24. The van der Waals surface area contributed by atoms with Crippen LogP contribution < -0.4 is 5.32 Å². The second-order valence-electron chi connectivity index (χ2n) is 6.09. The van der Waals surface area contributed by atoms with Gasteiger partial charge in [0.05, 0.1) is 11.4 Å². The van der Waals surface area contributed by atoms with Gasteiger partial charge in [-0.2, -0.15) is 4.31 Å². The Morgan fingerprint density at radius 1 is 1.00 bits per heavy atom. The van der Waals surface area contributed by atoms with Crippen LogP contribution in [0.5, 0.6) is 0 Å². The van der Waals surface area contributed by atoms with Gasteiger partial charge in [0.15, 0.2) is 0 Å². The van der Waals surface area contributed by atoms with Gasteiger partial charge in [0.1, 0.15) is 0 Å². The van der Waals surface area contributed by atoms with Gasteiger partial charge >= 0.3 is 0 Å². The van der Waals surface area contributed by atoms with Crippen molar-refractivity contribution in [2.24, 2.45) is 0 Å². The average Bonchev–Trinajstić information content (AvgIpc) is 2.66. The Bertz CT molecular complexity index is 803. The molecule has 0 fully saturated rings. The number of likely N-dealkylation sites (N-methyl/N-ethyl adjacent to an activating group) is 1. The molecule has 2 aromatic rings. The molecule has 140 valence electrons. The number of carbonyl (C=O) groups is 1. The van der Waals surface area contributed by atoms with Crippen molar-refractivity contribution in [3.63, 3.8) is 0 Å². The number of carbonyl (C=O) groups excluding carboxylic acids is 1. The van der Waals surface area contributed by atoms with Crippen LogP contribution in [-0.4, -0.2) is 31.7 Å². The lowest BCUT2D eigenvalue weighted by molar-refractivity contribution is -0.116. The molecule has 6 heteroatoms. The minimum absolute atomic E-state index is 0.190. The Hall–Kier alpha value is -2.18. The second-order valence-corrected chi connectivity index (χ2v) is 8.03. The van der Waals surface area contributed by atoms with Gasteiger partial charge in [-0.05, 0) is 42.7 Å². The fourth-order valence-corrected chi connectivity index (χ4v) is 4.03. The summed E-state index contributed by atoms with van der Waals surface area (Å²) in [5.41, 5.74) is 1.90. The first-order valence-corrected chi connectivity index (χ1v) is 10.4. The van der Waals surface area contributed by atoms with Crippen molar-refractivity contribution in [3.05, 3.63) is 60.2 Å². The highest BCUT2D eigenvalue weighted by molar-refractivity contribution is 7.89. The molecule has 1 amide bonds. The number of rotatable bonds is 9. The number of nitrogens with zero attached hydrogens (tertiary/aromatic N) is 1. The van der Waals surface area contributed by atoms with E-state index in [1.165, 1.54) is 22.0 Å². The smallest absolute Gasteiger partial charge is 0.243 e. The third-order valence-corrected chi connectivity index (χ3v) is 6.05. The largest absolute Gasteiger partial charge is 0.325 e. The van der Waals surface area contributed by atoms with Gasteiger partial charge in [-0.25, -0.2) is 8.42 Å². The zero-order chi connectivity index (χ0) is 19.0. The molecule has 26 heavy (non-hydrogen) atoms. The van der Waals surface area contributed by atoms with Crippen molar-refractivity contribution in [2.45, 2.75) is 38.0 Å². The van der Waals surface area contributed by atoms with Crippen LogP contribution in [0.1, 0.15) is 32.3 Å². The molecule has 0 aromatic heterocycles. The van der Waals surface area contributed by atoms with Crippen molar-refractivity contribution in [1.82, 2.24) is 4.31 Å². The number of anilines is 1. The third kappa shape index (κ3) is 5.41. The van der Waals surface area contributed by atoms with Crippen LogP contribution in [0.25, 0.3) is 0 Å². The van der Waals surface area contributed by atoms with Gasteiger partial charge in [-0.3, -0.25) is 4.79 Å². The Morgan fingerprint density at radius 2 is 1.65 bits per heavy atom. The molecular weight excluding hydrogens is 348 g/mol. The van der Waals surface area contributed by atoms with Gasteiger partial charge < -0.3 is 5.32 Å². The number of amides is 1. The summed E-state index contributed by atoms with van der Waals surface area (Å²) in [6.45, 7) is 3.87. The van der Waals surface area contributed by atoms with Gasteiger partial charge in [-0.15, -0.1) is 0 Å². The van der Waals surface area contributed by atoms with Crippen LogP contribution in [-0.2, 0) is 21.2 Å². The molecule has 0 aliphatic carbocycles. The molecule has 0 aliphatic rings. The highest BCUT2D eigenvalue weighted by Crippen LogP contribution is 2.16. The fraction of sp³-hybridized carbons (Fsp3) is 0.350. The number of hydrogen-bond donors (Lipinski definition) is 1. The molecule has 0 bridgehead atoms. The molecule has 0 heterocycles. The normalized spacial score (nSPS) is 11.5. The van der Waals surface area contributed by atoms with E-state index in [9.17, 15) is 13.2 Å². The van der Waals surface area contributed by atoms with Crippen LogP contribution in [0.2, 0.25) is 0 Å². The van der Waals surface area contributed by atoms with E-state index >= 15 is 0 Å². The molecule has 0 saturated heterocycles. The molecule has 0 atom stereocenters. The number of nitrogens with one attached hydrogen (secondary N) is 1. The van der Waals surface area contributed by atoms with E-state index in [1.807, 2.05) is 24.3 Å². The molecule has 0 unspecified atom stereocenters. The summed E-state index contributed by atoms with van der Waals surface area (Å²) in [4.78, 5) is 12.5. The molecule has 1 N–H and O–H groups in total. The predicted octanol–water partition coefficient (Wildman–Crippen LogP) is 3.68. The molecule has 0 radical (unpaired) electrons. The molecule has 0 spiro atoms. The molecule has 0 aliphatic heterocycles. The summed E-state index contributed by atoms with van der Waals surface area (Å²) in [5, 5.41) is 2.77. The maximum atomic E-state index is 12.6. The molecule has 5 nitrogen and oxygen atoms in total. The summed E-state index contributed by atoms with van der Waals surface area (Å²) < 4.78 is 26.5. The summed E-state index contributed by atoms with van der Waals surface area (Å²) >= 11 is 0. The van der Waals surface area contributed by atoms with Crippen LogP contribution in [0.3, 0.4) is 0 Å². The minimum atomic E-state index is -3.68. The van der Waals surface area contributed by atoms with E-state index in [0.717, 1.165) is 19.3 Å². The first kappa shape index (κ1) is 20.1. The van der Waals surface area contributed by atoms with E-state index in [2.05, 4.69) is 12.2 Å². The zero-order valence-corrected chi connectivity index (χ0v) is 16.1. The van der Waals surface area contributed by atoms with Gasteiger partial charge in [0, 0.05) is 12.2 Å². The van der Waals surface area contributed by atoms with E-state index in [0.29, 0.717) is 5.69 Å². The van der Waals surface area contributed by atoms with Crippen LogP contribution in [0.4, 0.5) is 5.69 Å². The van der Waals surface area contributed by atoms with Gasteiger partial charge in [0.25, 0.3) is 0 Å².